The Balaban J connectivity index is 1.57. The van der Waals surface area contributed by atoms with Crippen LogP contribution in [0.1, 0.15) is 68.4 Å². The van der Waals surface area contributed by atoms with Crippen LogP contribution in [-0.2, 0) is 14.3 Å². The number of ketones is 1. The molecular formula is C29H30ClNO4. The monoisotopic (exact) mass is 491 g/mol. The summed E-state index contributed by atoms with van der Waals surface area (Å²) in [6.45, 7) is 1.89. The molecule has 1 heterocycles. The molecule has 1 N–H and O–H groups in total. The molecule has 0 saturated heterocycles. The van der Waals surface area contributed by atoms with Crippen molar-refractivity contribution >= 4 is 23.4 Å². The normalized spacial score (nSPS) is 22.7. The Hall–Kier alpha value is -3.05. The summed E-state index contributed by atoms with van der Waals surface area (Å²) in [5.74, 6) is -0.206. The van der Waals surface area contributed by atoms with Crippen LogP contribution in [0, 0.1) is 0 Å². The van der Waals surface area contributed by atoms with Crippen LogP contribution in [0.15, 0.2) is 71.1 Å². The molecule has 35 heavy (non-hydrogen) atoms. The van der Waals surface area contributed by atoms with Gasteiger partial charge in [-0.3, -0.25) is 4.79 Å². The number of hydrogen-bond donors (Lipinski definition) is 1. The summed E-state index contributed by atoms with van der Waals surface area (Å²) in [5.41, 5.74) is 4.67. The van der Waals surface area contributed by atoms with Crippen molar-refractivity contribution in [1.82, 2.24) is 5.32 Å². The van der Waals surface area contributed by atoms with Crippen molar-refractivity contribution in [3.63, 3.8) is 0 Å². The van der Waals surface area contributed by atoms with E-state index in [2.05, 4.69) is 17.4 Å². The maximum Gasteiger partial charge on any atom is 0.337 e. The van der Waals surface area contributed by atoms with Crippen LogP contribution in [0.4, 0.5) is 0 Å². The first-order valence-electron chi connectivity index (χ1n) is 12.3. The van der Waals surface area contributed by atoms with Gasteiger partial charge in [0.25, 0.3) is 0 Å². The number of allylic oxidation sites excluding steroid dienone is 3. The molecule has 2 unspecified atom stereocenters. The summed E-state index contributed by atoms with van der Waals surface area (Å²) < 4.78 is 11.3. The van der Waals surface area contributed by atoms with E-state index >= 15 is 0 Å². The summed E-state index contributed by atoms with van der Waals surface area (Å²) in [6.07, 6.45) is 4.94. The Bertz CT molecular complexity index is 1210. The van der Waals surface area contributed by atoms with E-state index in [0.29, 0.717) is 34.8 Å². The van der Waals surface area contributed by atoms with Crippen LogP contribution in [0.2, 0.25) is 5.02 Å². The van der Waals surface area contributed by atoms with E-state index in [4.69, 9.17) is 21.1 Å². The molecule has 0 bridgehead atoms. The number of esters is 1. The molecule has 2 aliphatic carbocycles. The fraction of sp³-hybridized carbons (Fsp3) is 0.379. The highest BCUT2D eigenvalue weighted by molar-refractivity contribution is 6.32. The molecule has 0 radical (unpaired) electrons. The van der Waals surface area contributed by atoms with Gasteiger partial charge in [0.1, 0.15) is 11.9 Å². The van der Waals surface area contributed by atoms with E-state index in [9.17, 15) is 9.59 Å². The smallest absolute Gasteiger partial charge is 0.337 e. The number of carbonyl (C=O) groups excluding carboxylic acids is 2. The molecule has 1 aliphatic heterocycles. The number of benzene rings is 2. The highest BCUT2D eigenvalue weighted by atomic mass is 35.5. The van der Waals surface area contributed by atoms with Gasteiger partial charge in [-0.2, -0.15) is 0 Å². The Morgan fingerprint density at radius 3 is 2.46 bits per heavy atom. The van der Waals surface area contributed by atoms with Gasteiger partial charge in [0.05, 0.1) is 17.7 Å². The zero-order valence-corrected chi connectivity index (χ0v) is 20.9. The van der Waals surface area contributed by atoms with Gasteiger partial charge in [-0.05, 0) is 68.2 Å². The molecule has 2 atom stereocenters. The number of dihydropyridines is 1. The number of hydrogen-bond acceptors (Lipinski definition) is 5. The molecule has 1 saturated carbocycles. The molecule has 0 aromatic heterocycles. The van der Waals surface area contributed by atoms with Crippen LogP contribution in [0.5, 0.6) is 5.75 Å². The van der Waals surface area contributed by atoms with Crippen molar-refractivity contribution < 1.29 is 19.1 Å². The summed E-state index contributed by atoms with van der Waals surface area (Å²) in [6, 6.07) is 15.6. The van der Waals surface area contributed by atoms with Crippen molar-refractivity contribution in [2.45, 2.75) is 63.4 Å². The summed E-state index contributed by atoms with van der Waals surface area (Å²) in [5, 5.41) is 3.86. The van der Waals surface area contributed by atoms with Gasteiger partial charge in [0.2, 0.25) is 0 Å². The van der Waals surface area contributed by atoms with Crippen molar-refractivity contribution in [2.75, 3.05) is 7.11 Å². The van der Waals surface area contributed by atoms with E-state index in [1.807, 2.05) is 31.2 Å². The van der Waals surface area contributed by atoms with Gasteiger partial charge in [0, 0.05) is 29.3 Å². The highest BCUT2D eigenvalue weighted by Crippen LogP contribution is 2.47. The first kappa shape index (κ1) is 23.7. The molecule has 0 amide bonds. The van der Waals surface area contributed by atoms with E-state index in [0.717, 1.165) is 48.2 Å². The molecule has 2 aromatic rings. The number of carbonyl (C=O) groups is 2. The van der Waals surface area contributed by atoms with Crippen LogP contribution in [0.25, 0.3) is 0 Å². The van der Waals surface area contributed by atoms with Gasteiger partial charge < -0.3 is 14.8 Å². The van der Waals surface area contributed by atoms with Crippen LogP contribution in [-0.4, -0.2) is 25.0 Å². The minimum atomic E-state index is -0.534. The number of Topliss-reactive ketones (excluding diaryl/α,β-unsaturated/α-hetero) is 1. The minimum absolute atomic E-state index is 0.0446. The Labute approximate surface area is 211 Å². The molecule has 5 nitrogen and oxygen atoms in total. The fourth-order valence-corrected chi connectivity index (χ4v) is 5.95. The average molecular weight is 492 g/mol. The number of halogens is 1. The predicted molar refractivity (Wildman–Crippen MR) is 135 cm³/mol. The zero-order chi connectivity index (χ0) is 24.5. The third kappa shape index (κ3) is 4.62. The fourth-order valence-electron chi connectivity index (χ4n) is 5.69. The lowest BCUT2D eigenvalue weighted by molar-refractivity contribution is -0.144. The molecular weight excluding hydrogens is 462 g/mol. The average Bonchev–Trinajstić information content (AvgIpc) is 3.36. The van der Waals surface area contributed by atoms with E-state index in [1.54, 1.807) is 19.2 Å². The second-order valence-electron chi connectivity index (χ2n) is 9.63. The lowest BCUT2D eigenvalue weighted by Crippen LogP contribution is -2.36. The van der Waals surface area contributed by atoms with Gasteiger partial charge in [-0.1, -0.05) is 48.0 Å². The molecule has 2 aromatic carbocycles. The standard InChI is InChI=1S/C29H30ClNO4/c1-17-26(29(33)35-21-10-6-7-11-21)27(19-12-13-25(34-2)22(30)14-19)28-23(31-17)15-20(16-24(28)32)18-8-4-3-5-9-18/h3-5,8-9,12-14,20-21,27,31H,6-7,10-11,15-16H2,1-2H3. The van der Waals surface area contributed by atoms with E-state index in [1.165, 1.54) is 0 Å². The van der Waals surface area contributed by atoms with Gasteiger partial charge in [0.15, 0.2) is 5.78 Å². The van der Waals surface area contributed by atoms with Crippen LogP contribution in [0.3, 0.4) is 0 Å². The lowest BCUT2D eigenvalue weighted by atomic mass is 9.71. The van der Waals surface area contributed by atoms with Gasteiger partial charge in [-0.15, -0.1) is 0 Å². The molecule has 6 heteroatoms. The van der Waals surface area contributed by atoms with Crippen molar-refractivity contribution in [1.29, 1.82) is 0 Å². The first-order chi connectivity index (χ1) is 17.0. The third-order valence-corrected chi connectivity index (χ3v) is 7.70. The number of nitrogens with one attached hydrogen (secondary N) is 1. The van der Waals surface area contributed by atoms with Crippen molar-refractivity contribution in [2.24, 2.45) is 0 Å². The van der Waals surface area contributed by atoms with Crippen LogP contribution >= 0.6 is 11.6 Å². The molecule has 1 fully saturated rings. The largest absolute Gasteiger partial charge is 0.495 e. The van der Waals surface area contributed by atoms with Crippen molar-refractivity contribution in [3.05, 3.63) is 87.2 Å². The second kappa shape index (κ2) is 9.90. The minimum Gasteiger partial charge on any atom is -0.495 e. The van der Waals surface area contributed by atoms with Gasteiger partial charge >= 0.3 is 5.97 Å². The first-order valence-corrected chi connectivity index (χ1v) is 12.7. The number of ether oxygens (including phenoxy) is 2. The summed E-state index contributed by atoms with van der Waals surface area (Å²) in [4.78, 5) is 27.2. The SMILES string of the molecule is COc1ccc(C2C(C(=O)OC3CCCC3)=C(C)NC3=C2C(=O)CC(c2ccccc2)C3)cc1Cl. The maximum absolute atomic E-state index is 13.7. The summed E-state index contributed by atoms with van der Waals surface area (Å²) >= 11 is 6.49. The zero-order valence-electron chi connectivity index (χ0n) is 20.1. The second-order valence-corrected chi connectivity index (χ2v) is 10.0. The highest BCUT2D eigenvalue weighted by Gasteiger charge is 2.42. The van der Waals surface area contributed by atoms with E-state index < -0.39 is 5.92 Å². The maximum atomic E-state index is 13.7. The molecule has 5 rings (SSSR count). The third-order valence-electron chi connectivity index (χ3n) is 7.40. The lowest BCUT2D eigenvalue weighted by Gasteiger charge is -2.37. The van der Waals surface area contributed by atoms with Crippen LogP contribution < -0.4 is 10.1 Å². The number of methoxy groups -OCH3 is 1. The van der Waals surface area contributed by atoms with Gasteiger partial charge in [-0.25, -0.2) is 4.79 Å². The van der Waals surface area contributed by atoms with E-state index in [-0.39, 0.29) is 23.8 Å². The van der Waals surface area contributed by atoms with Crippen molar-refractivity contribution in [3.8, 4) is 5.75 Å². The Morgan fingerprint density at radius 1 is 1.03 bits per heavy atom. The molecule has 0 spiro atoms. The Kier molecular flexibility index (Phi) is 6.70. The molecule has 3 aliphatic rings. The number of rotatable bonds is 5. The quantitative estimate of drug-likeness (QED) is 0.505. The summed E-state index contributed by atoms with van der Waals surface area (Å²) in [7, 11) is 1.56. The molecule has 182 valence electrons. The Morgan fingerprint density at radius 2 is 1.77 bits per heavy atom. The predicted octanol–water partition coefficient (Wildman–Crippen LogP) is 6.20. The topological polar surface area (TPSA) is 64.6 Å².